The summed E-state index contributed by atoms with van der Waals surface area (Å²) in [6.07, 6.45) is 1.83. The first-order chi connectivity index (χ1) is 11.5. The lowest BCUT2D eigenvalue weighted by atomic mass is 9.98. The number of anilines is 1. The number of hydrogen-bond donors (Lipinski definition) is 2. The van der Waals surface area contributed by atoms with Crippen LogP contribution in [0.5, 0.6) is 0 Å². The average molecular weight is 395 g/mol. The molecular weight excluding hydrogens is 376 g/mol. The number of rotatable bonds is 4. The number of halogens is 1. The van der Waals surface area contributed by atoms with Gasteiger partial charge in [0, 0.05) is 11.0 Å². The Balaban J connectivity index is 1.58. The molecule has 1 atom stereocenters. The molecule has 1 unspecified atom stereocenters. The number of aromatic nitrogens is 2. The maximum Gasteiger partial charge on any atom is 0.434 e. The zero-order valence-corrected chi connectivity index (χ0v) is 14.9. The molecule has 2 heterocycles. The third kappa shape index (κ3) is 4.12. The van der Waals surface area contributed by atoms with Gasteiger partial charge in [-0.2, -0.15) is 0 Å². The average Bonchev–Trinajstić information content (AvgIpc) is 2.97. The summed E-state index contributed by atoms with van der Waals surface area (Å²) < 4.78 is 5.91. The van der Waals surface area contributed by atoms with Crippen LogP contribution in [0.4, 0.5) is 5.69 Å². The van der Waals surface area contributed by atoms with E-state index >= 15 is 0 Å². The fourth-order valence-corrected chi connectivity index (χ4v) is 3.52. The van der Waals surface area contributed by atoms with Crippen molar-refractivity contribution >= 4 is 27.5 Å². The molecule has 7 nitrogen and oxygen atoms in total. The van der Waals surface area contributed by atoms with Gasteiger partial charge in [-0.05, 0) is 59.9 Å². The van der Waals surface area contributed by atoms with Gasteiger partial charge in [0.05, 0.1) is 18.2 Å². The van der Waals surface area contributed by atoms with Crippen LogP contribution in [-0.4, -0.2) is 40.6 Å². The summed E-state index contributed by atoms with van der Waals surface area (Å²) in [5.74, 6) is -0.143. The van der Waals surface area contributed by atoms with Crippen molar-refractivity contribution < 1.29 is 9.21 Å². The number of aryl methyl sites for hydroxylation is 1. The summed E-state index contributed by atoms with van der Waals surface area (Å²) in [6.45, 7) is 3.78. The highest BCUT2D eigenvalue weighted by molar-refractivity contribution is 9.10. The molecule has 1 aromatic carbocycles. The lowest BCUT2D eigenvalue weighted by Gasteiger charge is -2.30. The van der Waals surface area contributed by atoms with Crippen LogP contribution in [0, 0.1) is 6.92 Å². The summed E-state index contributed by atoms with van der Waals surface area (Å²) in [7, 11) is 0. The van der Waals surface area contributed by atoms with Crippen molar-refractivity contribution in [3.63, 3.8) is 0 Å². The van der Waals surface area contributed by atoms with Crippen LogP contribution in [0.15, 0.2) is 31.9 Å². The van der Waals surface area contributed by atoms with E-state index in [0.29, 0.717) is 19.0 Å². The maximum atomic E-state index is 12.3. The van der Waals surface area contributed by atoms with Crippen LogP contribution in [0.2, 0.25) is 0 Å². The van der Waals surface area contributed by atoms with E-state index in [1.807, 2.05) is 25.1 Å². The monoisotopic (exact) mass is 394 g/mol. The number of H-pyrrole nitrogens is 1. The molecule has 0 aliphatic carbocycles. The molecule has 1 amide bonds. The number of likely N-dealkylation sites (tertiary alicyclic amines) is 1. The Morgan fingerprint density at radius 2 is 2.38 bits per heavy atom. The molecule has 8 heteroatoms. The van der Waals surface area contributed by atoms with E-state index in [2.05, 4.69) is 36.3 Å². The van der Waals surface area contributed by atoms with Gasteiger partial charge >= 0.3 is 5.76 Å². The fourth-order valence-electron chi connectivity index (χ4n) is 2.93. The summed E-state index contributed by atoms with van der Waals surface area (Å²) in [6, 6.07) is 5.80. The third-order valence-corrected chi connectivity index (χ3v) is 4.73. The Morgan fingerprint density at radius 1 is 1.54 bits per heavy atom. The van der Waals surface area contributed by atoms with Crippen LogP contribution in [0.1, 0.15) is 30.2 Å². The van der Waals surface area contributed by atoms with Gasteiger partial charge in [0.1, 0.15) is 0 Å². The highest BCUT2D eigenvalue weighted by atomic mass is 79.9. The maximum absolute atomic E-state index is 12.3. The first-order valence-corrected chi connectivity index (χ1v) is 8.64. The molecule has 2 N–H and O–H groups in total. The van der Waals surface area contributed by atoms with Crippen LogP contribution in [0.3, 0.4) is 0 Å². The molecule has 0 spiro atoms. The zero-order chi connectivity index (χ0) is 17.1. The standard InChI is InChI=1S/C16H19BrN4O3/c1-10-4-5-13(12(17)7-10)18-14(22)9-21-6-2-3-11(8-21)15-19-20-16(23)24-15/h4-5,7,11H,2-3,6,8-9H2,1H3,(H,18,22)(H,20,23). The second-order valence-electron chi connectivity index (χ2n) is 6.06. The lowest BCUT2D eigenvalue weighted by molar-refractivity contribution is -0.117. The van der Waals surface area contributed by atoms with Gasteiger partial charge in [-0.3, -0.25) is 9.69 Å². The van der Waals surface area contributed by atoms with Gasteiger partial charge in [0.25, 0.3) is 0 Å². The highest BCUT2D eigenvalue weighted by Crippen LogP contribution is 2.25. The van der Waals surface area contributed by atoms with E-state index in [-0.39, 0.29) is 11.8 Å². The van der Waals surface area contributed by atoms with Crippen molar-refractivity contribution in [3.05, 3.63) is 44.7 Å². The predicted octanol–water partition coefficient (Wildman–Crippen LogP) is 2.25. The minimum atomic E-state index is -0.538. The molecule has 0 radical (unpaired) electrons. The fraction of sp³-hybridized carbons (Fsp3) is 0.438. The molecular formula is C16H19BrN4O3. The number of carbonyl (C=O) groups is 1. The van der Waals surface area contributed by atoms with Crippen molar-refractivity contribution in [2.24, 2.45) is 0 Å². The van der Waals surface area contributed by atoms with Crippen molar-refractivity contribution in [3.8, 4) is 0 Å². The lowest BCUT2D eigenvalue weighted by Crippen LogP contribution is -2.39. The topological polar surface area (TPSA) is 91.2 Å². The van der Waals surface area contributed by atoms with Crippen LogP contribution >= 0.6 is 15.9 Å². The largest absolute Gasteiger partial charge is 0.434 e. The van der Waals surface area contributed by atoms with Crippen LogP contribution in [-0.2, 0) is 4.79 Å². The molecule has 3 rings (SSSR count). The number of piperidine rings is 1. The Hall–Kier alpha value is -1.93. The second-order valence-corrected chi connectivity index (χ2v) is 6.91. The van der Waals surface area contributed by atoms with Gasteiger partial charge in [-0.1, -0.05) is 6.07 Å². The molecule has 128 valence electrons. The van der Waals surface area contributed by atoms with Gasteiger partial charge in [0.2, 0.25) is 11.8 Å². The Kier molecular flexibility index (Phi) is 5.15. The Bertz CT molecular complexity index is 786. The molecule has 1 fully saturated rings. The first kappa shape index (κ1) is 16.9. The summed E-state index contributed by atoms with van der Waals surface area (Å²) in [4.78, 5) is 25.4. The quantitative estimate of drug-likeness (QED) is 0.829. The van der Waals surface area contributed by atoms with Crippen LogP contribution in [0.25, 0.3) is 0 Å². The Morgan fingerprint density at radius 3 is 3.08 bits per heavy atom. The number of hydrogen-bond acceptors (Lipinski definition) is 5. The molecule has 1 saturated heterocycles. The minimum absolute atomic E-state index is 0.0385. The number of carbonyl (C=O) groups excluding carboxylic acids is 1. The normalized spacial score (nSPS) is 18.5. The second kappa shape index (κ2) is 7.31. The molecule has 1 aliphatic rings. The van der Waals surface area contributed by atoms with E-state index in [9.17, 15) is 9.59 Å². The number of benzene rings is 1. The number of nitrogens with zero attached hydrogens (tertiary/aromatic N) is 2. The van der Waals surface area contributed by atoms with Gasteiger partial charge in [0.15, 0.2) is 0 Å². The zero-order valence-electron chi connectivity index (χ0n) is 13.3. The van der Waals surface area contributed by atoms with E-state index in [0.717, 1.165) is 35.1 Å². The first-order valence-electron chi connectivity index (χ1n) is 7.85. The molecule has 0 saturated carbocycles. The number of amides is 1. The van der Waals surface area contributed by atoms with E-state index in [1.165, 1.54) is 0 Å². The molecule has 1 aromatic heterocycles. The van der Waals surface area contributed by atoms with Gasteiger partial charge in [-0.25, -0.2) is 9.89 Å². The summed E-state index contributed by atoms with van der Waals surface area (Å²) in [5.41, 5.74) is 1.89. The van der Waals surface area contributed by atoms with Crippen molar-refractivity contribution in [1.82, 2.24) is 15.1 Å². The number of nitrogens with one attached hydrogen (secondary N) is 2. The van der Waals surface area contributed by atoms with Crippen molar-refractivity contribution in [1.29, 1.82) is 0 Å². The van der Waals surface area contributed by atoms with Crippen LogP contribution < -0.4 is 11.1 Å². The predicted molar refractivity (Wildman–Crippen MR) is 93.0 cm³/mol. The van der Waals surface area contributed by atoms with Gasteiger partial charge < -0.3 is 9.73 Å². The highest BCUT2D eigenvalue weighted by Gasteiger charge is 2.26. The molecule has 2 aromatic rings. The molecule has 24 heavy (non-hydrogen) atoms. The summed E-state index contributed by atoms with van der Waals surface area (Å²) in [5, 5.41) is 9.11. The smallest absolute Gasteiger partial charge is 0.392 e. The van der Waals surface area contributed by atoms with E-state index < -0.39 is 5.76 Å². The third-order valence-electron chi connectivity index (χ3n) is 4.08. The number of aromatic amines is 1. The van der Waals surface area contributed by atoms with Crippen molar-refractivity contribution in [2.45, 2.75) is 25.7 Å². The van der Waals surface area contributed by atoms with Crippen molar-refractivity contribution in [2.75, 3.05) is 25.0 Å². The van der Waals surface area contributed by atoms with E-state index in [1.54, 1.807) is 0 Å². The summed E-state index contributed by atoms with van der Waals surface area (Å²) >= 11 is 3.46. The molecule has 0 bridgehead atoms. The van der Waals surface area contributed by atoms with E-state index in [4.69, 9.17) is 4.42 Å². The SMILES string of the molecule is Cc1ccc(NC(=O)CN2CCCC(c3n[nH]c(=O)o3)C2)c(Br)c1. The minimum Gasteiger partial charge on any atom is -0.392 e. The Labute approximate surface area is 147 Å². The van der Waals surface area contributed by atoms with Gasteiger partial charge in [-0.15, -0.1) is 5.10 Å². The molecule has 1 aliphatic heterocycles.